The highest BCUT2D eigenvalue weighted by Gasteiger charge is 2.21. The number of rotatable bonds is 7. The second-order valence-corrected chi connectivity index (χ2v) is 6.50. The van der Waals surface area contributed by atoms with Crippen LogP contribution in [0.25, 0.3) is 0 Å². The zero-order chi connectivity index (χ0) is 13.7. The lowest BCUT2D eigenvalue weighted by Crippen LogP contribution is -2.20. The number of hydrogen-bond acceptors (Lipinski definition) is 4. The molecule has 1 aliphatic rings. The zero-order valence-electron chi connectivity index (χ0n) is 12.0. The van der Waals surface area contributed by atoms with Crippen LogP contribution in [0.4, 0.5) is 0 Å². The first-order valence-electron chi connectivity index (χ1n) is 7.23. The van der Waals surface area contributed by atoms with Crippen molar-refractivity contribution in [3.05, 3.63) is 11.9 Å². The van der Waals surface area contributed by atoms with Crippen LogP contribution in [0.2, 0.25) is 0 Å². The number of nitrogens with two attached hydrogens (primary N) is 1. The summed E-state index contributed by atoms with van der Waals surface area (Å²) in [6, 6.07) is 0.00889. The highest BCUT2D eigenvalue weighted by molar-refractivity contribution is 7.99. The van der Waals surface area contributed by atoms with Crippen LogP contribution in [0.1, 0.15) is 50.8 Å². The lowest BCUT2D eigenvalue weighted by Gasteiger charge is -2.17. The summed E-state index contributed by atoms with van der Waals surface area (Å²) in [7, 11) is 1.69. The molecule has 19 heavy (non-hydrogen) atoms. The van der Waals surface area contributed by atoms with Crippen LogP contribution in [0.5, 0.6) is 5.75 Å². The van der Waals surface area contributed by atoms with E-state index in [0.717, 1.165) is 35.4 Å². The van der Waals surface area contributed by atoms with Crippen LogP contribution in [-0.4, -0.2) is 27.9 Å². The maximum Gasteiger partial charge on any atom is 0.161 e. The molecule has 4 nitrogen and oxygen atoms in total. The molecule has 2 N–H and O–H groups in total. The van der Waals surface area contributed by atoms with E-state index in [1.54, 1.807) is 13.3 Å². The third kappa shape index (κ3) is 3.66. The molecule has 0 amide bonds. The first-order valence-corrected chi connectivity index (χ1v) is 8.28. The fraction of sp³-hybridized carbons (Fsp3) is 0.786. The minimum absolute atomic E-state index is 0.00889. The predicted octanol–water partition coefficient (Wildman–Crippen LogP) is 2.98. The molecular weight excluding hydrogens is 258 g/mol. The topological polar surface area (TPSA) is 53.1 Å². The van der Waals surface area contributed by atoms with E-state index in [4.69, 9.17) is 10.5 Å². The summed E-state index contributed by atoms with van der Waals surface area (Å²) < 4.78 is 7.39. The maximum atomic E-state index is 6.36. The van der Waals surface area contributed by atoms with Crippen molar-refractivity contribution in [1.29, 1.82) is 0 Å². The van der Waals surface area contributed by atoms with Crippen molar-refractivity contribution in [1.82, 2.24) is 9.78 Å². The van der Waals surface area contributed by atoms with Crippen molar-refractivity contribution in [3.63, 3.8) is 0 Å². The second-order valence-electron chi connectivity index (χ2n) is 5.17. The van der Waals surface area contributed by atoms with Gasteiger partial charge in [0.25, 0.3) is 0 Å². The number of aryl methyl sites for hydroxylation is 1. The molecule has 108 valence electrons. The first kappa shape index (κ1) is 14.7. The van der Waals surface area contributed by atoms with Crippen LogP contribution in [-0.2, 0) is 6.54 Å². The Kier molecular flexibility index (Phi) is 5.58. The normalized spacial score (nSPS) is 17.8. The molecule has 1 unspecified atom stereocenters. The summed E-state index contributed by atoms with van der Waals surface area (Å²) in [5.74, 6) is 1.78. The molecule has 5 heteroatoms. The van der Waals surface area contributed by atoms with E-state index < -0.39 is 0 Å². The van der Waals surface area contributed by atoms with Crippen LogP contribution < -0.4 is 10.5 Å². The van der Waals surface area contributed by atoms with Crippen LogP contribution in [0.15, 0.2) is 6.20 Å². The van der Waals surface area contributed by atoms with Gasteiger partial charge in [-0.15, -0.1) is 0 Å². The Labute approximate surface area is 120 Å². The average Bonchev–Trinajstić information content (AvgIpc) is 3.05. The Morgan fingerprint density at radius 2 is 2.26 bits per heavy atom. The molecule has 0 bridgehead atoms. The van der Waals surface area contributed by atoms with Gasteiger partial charge in [0.1, 0.15) is 0 Å². The third-order valence-corrected chi connectivity index (χ3v) is 5.16. The minimum atomic E-state index is 0.00889. The van der Waals surface area contributed by atoms with Gasteiger partial charge in [0, 0.05) is 17.5 Å². The highest BCUT2D eigenvalue weighted by Crippen LogP contribution is 2.33. The van der Waals surface area contributed by atoms with Gasteiger partial charge in [-0.3, -0.25) is 4.68 Å². The molecule has 2 rings (SSSR count). The van der Waals surface area contributed by atoms with Gasteiger partial charge < -0.3 is 10.5 Å². The van der Waals surface area contributed by atoms with Crippen LogP contribution in [0, 0.1) is 0 Å². The Morgan fingerprint density at radius 3 is 2.89 bits per heavy atom. The van der Waals surface area contributed by atoms with E-state index in [9.17, 15) is 0 Å². The van der Waals surface area contributed by atoms with Crippen molar-refractivity contribution in [2.75, 3.05) is 12.9 Å². The fourth-order valence-corrected chi connectivity index (χ4v) is 3.98. The van der Waals surface area contributed by atoms with E-state index in [1.165, 1.54) is 25.7 Å². The van der Waals surface area contributed by atoms with Crippen molar-refractivity contribution in [2.45, 2.75) is 56.9 Å². The van der Waals surface area contributed by atoms with Gasteiger partial charge >= 0.3 is 0 Å². The number of thioether (sulfide) groups is 1. The Balaban J connectivity index is 1.99. The lowest BCUT2D eigenvalue weighted by molar-refractivity contribution is 0.403. The molecule has 1 aromatic heterocycles. The summed E-state index contributed by atoms with van der Waals surface area (Å²) in [5.41, 5.74) is 7.41. The molecular formula is C14H25N3OS. The Bertz CT molecular complexity index is 388. The van der Waals surface area contributed by atoms with Crippen molar-refractivity contribution in [2.24, 2.45) is 5.73 Å². The van der Waals surface area contributed by atoms with E-state index in [-0.39, 0.29) is 6.04 Å². The molecule has 0 aromatic carbocycles. The van der Waals surface area contributed by atoms with Gasteiger partial charge in [-0.05, 0) is 19.3 Å². The van der Waals surface area contributed by atoms with Crippen molar-refractivity contribution < 1.29 is 4.74 Å². The summed E-state index contributed by atoms with van der Waals surface area (Å²) in [6.07, 6.45) is 8.30. The third-order valence-electron chi connectivity index (χ3n) is 3.67. The minimum Gasteiger partial charge on any atom is -0.493 e. The van der Waals surface area contributed by atoms with Gasteiger partial charge in [0.15, 0.2) is 5.75 Å². The summed E-state index contributed by atoms with van der Waals surface area (Å²) >= 11 is 2.01. The van der Waals surface area contributed by atoms with Gasteiger partial charge in [-0.2, -0.15) is 16.9 Å². The van der Waals surface area contributed by atoms with Crippen molar-refractivity contribution in [3.8, 4) is 5.75 Å². The molecule has 1 aliphatic carbocycles. The highest BCUT2D eigenvalue weighted by atomic mass is 32.2. The molecule has 1 heterocycles. The van der Waals surface area contributed by atoms with Gasteiger partial charge in [-0.1, -0.05) is 19.8 Å². The molecule has 0 saturated heterocycles. The van der Waals surface area contributed by atoms with E-state index in [0.29, 0.717) is 0 Å². The Hall–Kier alpha value is -0.680. The van der Waals surface area contributed by atoms with Crippen LogP contribution >= 0.6 is 11.8 Å². The van der Waals surface area contributed by atoms with E-state index in [2.05, 4.69) is 12.0 Å². The average molecular weight is 283 g/mol. The smallest absolute Gasteiger partial charge is 0.161 e. The molecule has 0 spiro atoms. The van der Waals surface area contributed by atoms with Gasteiger partial charge in [0.2, 0.25) is 0 Å². The number of aromatic nitrogens is 2. The standard InChI is InChI=1S/C14H25N3OS/c1-3-8-17-14(13(18-2)9-16-17)12(15)10-19-11-6-4-5-7-11/h9,11-12H,3-8,10,15H2,1-2H3. The van der Waals surface area contributed by atoms with Gasteiger partial charge in [-0.25, -0.2) is 0 Å². The van der Waals surface area contributed by atoms with E-state index in [1.807, 2.05) is 16.4 Å². The Morgan fingerprint density at radius 1 is 1.53 bits per heavy atom. The molecule has 0 radical (unpaired) electrons. The van der Waals surface area contributed by atoms with Crippen LogP contribution in [0.3, 0.4) is 0 Å². The number of nitrogens with zero attached hydrogens (tertiary/aromatic N) is 2. The number of hydrogen-bond donors (Lipinski definition) is 1. The molecule has 1 fully saturated rings. The maximum absolute atomic E-state index is 6.36. The zero-order valence-corrected chi connectivity index (χ0v) is 12.8. The molecule has 1 atom stereocenters. The SMILES string of the molecule is CCCn1ncc(OC)c1C(N)CSC1CCCC1. The largest absolute Gasteiger partial charge is 0.493 e. The summed E-state index contributed by atoms with van der Waals surface area (Å²) in [5, 5.41) is 5.19. The van der Waals surface area contributed by atoms with Gasteiger partial charge in [0.05, 0.1) is 25.0 Å². The van der Waals surface area contributed by atoms with Crippen molar-refractivity contribution >= 4 is 11.8 Å². The van der Waals surface area contributed by atoms with E-state index >= 15 is 0 Å². The predicted molar refractivity (Wildman–Crippen MR) is 80.7 cm³/mol. The monoisotopic (exact) mass is 283 g/mol. The lowest BCUT2D eigenvalue weighted by atomic mass is 10.2. The summed E-state index contributed by atoms with van der Waals surface area (Å²) in [4.78, 5) is 0. The number of ether oxygens (including phenoxy) is 1. The number of methoxy groups -OCH3 is 1. The summed E-state index contributed by atoms with van der Waals surface area (Å²) in [6.45, 7) is 3.05. The first-order chi connectivity index (χ1) is 9.26. The second kappa shape index (κ2) is 7.20. The quantitative estimate of drug-likeness (QED) is 0.836. The fourth-order valence-electron chi connectivity index (χ4n) is 2.67. The molecule has 0 aliphatic heterocycles. The molecule has 1 aromatic rings. The molecule has 1 saturated carbocycles.